The molecular formula is C26H19Cl2FINO5S. The Morgan fingerprint density at radius 1 is 1.05 bits per heavy atom. The zero-order valence-electron chi connectivity index (χ0n) is 19.3. The molecule has 0 aromatic heterocycles. The standard InChI is InChI=1S/C26H19Cl2FINO5S/c1-34-22-11-15(10-21(30)24(22)36-14-16-2-3-17(27)13-20(16)28)12-23-25(32)31(26(33)37-23)8-9-35-19-6-4-18(29)5-7-19/h2-7,10-13H,8-9,14H2,1H3/b23-12-. The Hall–Kier alpha value is -2.47. The summed E-state index contributed by atoms with van der Waals surface area (Å²) in [5.41, 5.74) is 1.44. The first-order chi connectivity index (χ1) is 17.7. The number of halogens is 4. The van der Waals surface area contributed by atoms with Gasteiger partial charge < -0.3 is 14.2 Å². The molecule has 192 valence electrons. The maximum atomic E-state index is 13.0. The van der Waals surface area contributed by atoms with Crippen molar-refractivity contribution in [1.82, 2.24) is 4.90 Å². The van der Waals surface area contributed by atoms with Crippen molar-refractivity contribution >= 4 is 74.8 Å². The molecule has 0 N–H and O–H groups in total. The van der Waals surface area contributed by atoms with Crippen LogP contribution in [0.2, 0.25) is 10.0 Å². The Morgan fingerprint density at radius 3 is 2.51 bits per heavy atom. The van der Waals surface area contributed by atoms with E-state index in [0.717, 1.165) is 25.8 Å². The van der Waals surface area contributed by atoms with Crippen LogP contribution in [0.4, 0.5) is 9.18 Å². The van der Waals surface area contributed by atoms with E-state index in [1.807, 2.05) is 6.07 Å². The van der Waals surface area contributed by atoms with E-state index in [2.05, 4.69) is 22.6 Å². The minimum absolute atomic E-state index is 0.0697. The average molecular weight is 674 g/mol. The Bertz CT molecular complexity index is 1370. The molecule has 0 radical (unpaired) electrons. The molecule has 37 heavy (non-hydrogen) atoms. The summed E-state index contributed by atoms with van der Waals surface area (Å²) in [6.45, 7) is 0.368. The van der Waals surface area contributed by atoms with Gasteiger partial charge in [0, 0.05) is 15.6 Å². The lowest BCUT2D eigenvalue weighted by atomic mass is 10.1. The fraction of sp³-hybridized carbons (Fsp3) is 0.154. The van der Waals surface area contributed by atoms with Crippen molar-refractivity contribution in [2.24, 2.45) is 0 Å². The van der Waals surface area contributed by atoms with E-state index in [9.17, 15) is 14.0 Å². The Labute approximate surface area is 240 Å². The first-order valence-corrected chi connectivity index (χ1v) is 13.5. The van der Waals surface area contributed by atoms with Gasteiger partial charge in [0.05, 0.1) is 22.1 Å². The van der Waals surface area contributed by atoms with E-state index in [0.29, 0.717) is 32.9 Å². The third-order valence-corrected chi connectivity index (χ3v) is 7.50. The molecule has 0 aliphatic carbocycles. The number of carbonyl (C=O) groups is 2. The van der Waals surface area contributed by atoms with Crippen molar-refractivity contribution in [3.8, 4) is 17.2 Å². The first-order valence-electron chi connectivity index (χ1n) is 10.8. The highest BCUT2D eigenvalue weighted by Gasteiger charge is 2.35. The second-order valence-electron chi connectivity index (χ2n) is 7.69. The maximum absolute atomic E-state index is 13.0. The lowest BCUT2D eigenvalue weighted by Gasteiger charge is -2.15. The number of nitrogens with zero attached hydrogens (tertiary/aromatic N) is 1. The molecule has 1 saturated heterocycles. The van der Waals surface area contributed by atoms with E-state index in [1.165, 1.54) is 31.4 Å². The highest BCUT2D eigenvalue weighted by Crippen LogP contribution is 2.38. The predicted octanol–water partition coefficient (Wildman–Crippen LogP) is 7.44. The van der Waals surface area contributed by atoms with Crippen LogP contribution in [0.15, 0.2) is 59.5 Å². The smallest absolute Gasteiger partial charge is 0.293 e. The van der Waals surface area contributed by atoms with Gasteiger partial charge in [0.25, 0.3) is 11.1 Å². The largest absolute Gasteiger partial charge is 0.493 e. The lowest BCUT2D eigenvalue weighted by Crippen LogP contribution is -2.32. The van der Waals surface area contributed by atoms with Crippen molar-refractivity contribution in [2.75, 3.05) is 20.3 Å². The normalized spacial score (nSPS) is 14.4. The van der Waals surface area contributed by atoms with E-state index in [1.54, 1.807) is 30.3 Å². The van der Waals surface area contributed by atoms with Crippen LogP contribution in [0, 0.1) is 9.39 Å². The van der Waals surface area contributed by atoms with Gasteiger partial charge in [-0.1, -0.05) is 29.3 Å². The molecule has 1 heterocycles. The highest BCUT2D eigenvalue weighted by atomic mass is 127. The number of methoxy groups -OCH3 is 1. The molecule has 3 aromatic rings. The van der Waals surface area contributed by atoms with Crippen LogP contribution < -0.4 is 14.2 Å². The van der Waals surface area contributed by atoms with Gasteiger partial charge in [-0.05, 0) is 94.5 Å². The van der Waals surface area contributed by atoms with Crippen molar-refractivity contribution in [1.29, 1.82) is 0 Å². The molecule has 0 unspecified atom stereocenters. The number of thioether (sulfide) groups is 1. The summed E-state index contributed by atoms with van der Waals surface area (Å²) in [5.74, 6) is 0.656. The topological polar surface area (TPSA) is 65.1 Å². The summed E-state index contributed by atoms with van der Waals surface area (Å²) in [5, 5.41) is 0.646. The van der Waals surface area contributed by atoms with E-state index >= 15 is 0 Å². The fourth-order valence-electron chi connectivity index (χ4n) is 3.38. The molecule has 6 nitrogen and oxygen atoms in total. The minimum Gasteiger partial charge on any atom is -0.493 e. The van der Waals surface area contributed by atoms with Crippen LogP contribution >= 0.6 is 57.6 Å². The van der Waals surface area contributed by atoms with Crippen LogP contribution in [0.5, 0.6) is 17.2 Å². The lowest BCUT2D eigenvalue weighted by molar-refractivity contribution is -0.123. The summed E-state index contributed by atoms with van der Waals surface area (Å²) < 4.78 is 30.8. The summed E-state index contributed by atoms with van der Waals surface area (Å²) in [7, 11) is 1.52. The number of amides is 2. The molecule has 3 aromatic carbocycles. The maximum Gasteiger partial charge on any atom is 0.293 e. The van der Waals surface area contributed by atoms with Crippen LogP contribution in [0.25, 0.3) is 6.08 Å². The van der Waals surface area contributed by atoms with Gasteiger partial charge >= 0.3 is 0 Å². The molecular weight excluding hydrogens is 655 g/mol. The number of hydrogen-bond acceptors (Lipinski definition) is 6. The molecule has 1 aliphatic heterocycles. The quantitative estimate of drug-likeness (QED) is 0.174. The highest BCUT2D eigenvalue weighted by molar-refractivity contribution is 14.1. The molecule has 11 heteroatoms. The van der Waals surface area contributed by atoms with Gasteiger partial charge in [-0.15, -0.1) is 0 Å². The zero-order chi connectivity index (χ0) is 26.5. The minimum atomic E-state index is -0.413. The monoisotopic (exact) mass is 673 g/mol. The average Bonchev–Trinajstić information content (AvgIpc) is 3.12. The third-order valence-electron chi connectivity index (χ3n) is 5.21. The van der Waals surface area contributed by atoms with Crippen LogP contribution in [0.3, 0.4) is 0 Å². The number of ether oxygens (including phenoxy) is 3. The molecule has 1 aliphatic rings. The predicted molar refractivity (Wildman–Crippen MR) is 151 cm³/mol. The summed E-state index contributed by atoms with van der Waals surface area (Å²) in [6, 6.07) is 14.2. The Morgan fingerprint density at radius 2 is 1.81 bits per heavy atom. The van der Waals surface area contributed by atoms with Crippen molar-refractivity contribution < 1.29 is 28.2 Å². The van der Waals surface area contributed by atoms with E-state index in [-0.39, 0.29) is 35.7 Å². The Balaban J connectivity index is 1.44. The number of carbonyl (C=O) groups excluding carboxylic acids is 2. The molecule has 0 saturated carbocycles. The van der Waals surface area contributed by atoms with Crippen molar-refractivity contribution in [2.45, 2.75) is 6.61 Å². The Kier molecular flexibility index (Phi) is 9.22. The molecule has 0 spiro atoms. The van der Waals surface area contributed by atoms with Gasteiger partial charge in [0.2, 0.25) is 0 Å². The first kappa shape index (κ1) is 27.6. The number of hydrogen-bond donors (Lipinski definition) is 0. The number of imide groups is 1. The van der Waals surface area contributed by atoms with E-state index in [4.69, 9.17) is 37.4 Å². The molecule has 0 atom stereocenters. The van der Waals surface area contributed by atoms with Gasteiger partial charge in [0.1, 0.15) is 24.8 Å². The third kappa shape index (κ3) is 6.90. The summed E-state index contributed by atoms with van der Waals surface area (Å²) in [4.78, 5) is 26.7. The van der Waals surface area contributed by atoms with Gasteiger partial charge in [-0.2, -0.15) is 0 Å². The SMILES string of the molecule is COc1cc(/C=C2\SC(=O)N(CCOc3ccc(F)cc3)C2=O)cc(I)c1OCc1ccc(Cl)cc1Cl. The second kappa shape index (κ2) is 12.4. The van der Waals surface area contributed by atoms with Crippen LogP contribution in [-0.4, -0.2) is 36.3 Å². The zero-order valence-corrected chi connectivity index (χ0v) is 23.8. The van der Waals surface area contributed by atoms with Gasteiger partial charge in [0.15, 0.2) is 11.5 Å². The molecule has 0 bridgehead atoms. The number of rotatable bonds is 9. The van der Waals surface area contributed by atoms with E-state index < -0.39 is 5.91 Å². The summed E-state index contributed by atoms with van der Waals surface area (Å²) in [6.07, 6.45) is 1.64. The van der Waals surface area contributed by atoms with Gasteiger partial charge in [-0.3, -0.25) is 14.5 Å². The number of benzene rings is 3. The van der Waals surface area contributed by atoms with Crippen LogP contribution in [-0.2, 0) is 11.4 Å². The molecule has 2 amide bonds. The molecule has 1 fully saturated rings. The van der Waals surface area contributed by atoms with Gasteiger partial charge in [-0.25, -0.2) is 4.39 Å². The van der Waals surface area contributed by atoms with Crippen molar-refractivity contribution in [3.63, 3.8) is 0 Å². The fourth-order valence-corrected chi connectivity index (χ4v) is 5.49. The van der Waals surface area contributed by atoms with Crippen LogP contribution in [0.1, 0.15) is 11.1 Å². The summed E-state index contributed by atoms with van der Waals surface area (Å²) >= 11 is 15.2. The van der Waals surface area contributed by atoms with Crippen molar-refractivity contribution in [3.05, 3.63) is 90.1 Å². The molecule has 4 rings (SSSR count). The second-order valence-corrected chi connectivity index (χ2v) is 10.7.